The number of methoxy groups -OCH3 is 1. The first-order chi connectivity index (χ1) is 14.9. The predicted octanol–water partition coefficient (Wildman–Crippen LogP) is 5.62. The molecule has 0 radical (unpaired) electrons. The number of hydrogen-bond donors (Lipinski definition) is 1. The molecule has 0 saturated heterocycles. The molecule has 0 amide bonds. The van der Waals surface area contributed by atoms with Crippen LogP contribution in [0.2, 0.25) is 0 Å². The molecule has 0 atom stereocenters. The van der Waals surface area contributed by atoms with Crippen molar-refractivity contribution in [2.45, 2.75) is 58.3 Å². The zero-order valence-electron chi connectivity index (χ0n) is 18.5. The van der Waals surface area contributed by atoms with E-state index >= 15 is 0 Å². The van der Waals surface area contributed by atoms with Gasteiger partial charge >= 0.3 is 5.97 Å². The summed E-state index contributed by atoms with van der Waals surface area (Å²) in [6.07, 6.45) is 5.66. The lowest BCUT2D eigenvalue weighted by Crippen LogP contribution is -2.33. The summed E-state index contributed by atoms with van der Waals surface area (Å²) in [6.45, 7) is 2.51. The third kappa shape index (κ3) is 5.87. The summed E-state index contributed by atoms with van der Waals surface area (Å²) in [5.41, 5.74) is 1.90. The Hall–Kier alpha value is -2.82. The summed E-state index contributed by atoms with van der Waals surface area (Å²) >= 11 is 0. The highest BCUT2D eigenvalue weighted by Gasteiger charge is 2.40. The summed E-state index contributed by atoms with van der Waals surface area (Å²) in [6, 6.07) is 13.4. The molecule has 1 aliphatic rings. The summed E-state index contributed by atoms with van der Waals surface area (Å²) in [5.74, 6) is 0.0517. The highest BCUT2D eigenvalue weighted by molar-refractivity contribution is 5.99. The van der Waals surface area contributed by atoms with E-state index in [1.165, 1.54) is 11.1 Å². The molecule has 2 aromatic rings. The van der Waals surface area contributed by atoms with E-state index in [4.69, 9.17) is 9.47 Å². The number of Topliss-reactive ketones (excluding diaryl/α,β-unsaturated/α-hetero) is 1. The van der Waals surface area contributed by atoms with Crippen molar-refractivity contribution in [3.63, 3.8) is 0 Å². The van der Waals surface area contributed by atoms with Crippen LogP contribution in [0, 0.1) is 12.3 Å². The lowest BCUT2D eigenvalue weighted by Gasteiger charge is -2.27. The fraction of sp³-hybridized carbons (Fsp3) is 0.462. The Balaban J connectivity index is 1.72. The van der Waals surface area contributed by atoms with Gasteiger partial charge in [0.2, 0.25) is 0 Å². The molecular weight excluding hydrogens is 392 g/mol. The Morgan fingerprint density at radius 1 is 1.00 bits per heavy atom. The highest BCUT2D eigenvalue weighted by Crippen LogP contribution is 2.40. The average Bonchev–Trinajstić information content (AvgIpc) is 3.00. The van der Waals surface area contributed by atoms with Crippen LogP contribution in [-0.4, -0.2) is 30.6 Å². The minimum Gasteiger partial charge on any atom is -0.493 e. The normalized spacial score (nSPS) is 15.7. The molecule has 1 fully saturated rings. The van der Waals surface area contributed by atoms with Gasteiger partial charge in [-0.2, -0.15) is 0 Å². The number of aliphatic carboxylic acids is 1. The van der Waals surface area contributed by atoms with Crippen LogP contribution >= 0.6 is 0 Å². The first-order valence-corrected chi connectivity index (χ1v) is 11.1. The maximum atomic E-state index is 13.1. The predicted molar refractivity (Wildman–Crippen MR) is 120 cm³/mol. The second kappa shape index (κ2) is 10.5. The SMILES string of the molecule is COc1ccc(C(=O)CC2(C(=O)O)CCCCCC2)cc1OCCc1cccc(C)c1. The standard InChI is InChI=1S/C26H32O5/c1-19-8-7-9-20(16-19)12-15-31-24-17-21(10-11-23(24)30-2)22(27)18-26(25(28)29)13-5-3-4-6-14-26/h7-11,16-17H,3-6,12-15,18H2,1-2H3,(H,28,29). The number of carboxylic acid groups (broad SMARTS) is 1. The van der Waals surface area contributed by atoms with Gasteiger partial charge in [0, 0.05) is 18.4 Å². The van der Waals surface area contributed by atoms with E-state index in [0.717, 1.165) is 32.1 Å². The summed E-state index contributed by atoms with van der Waals surface area (Å²) in [5, 5.41) is 9.89. The van der Waals surface area contributed by atoms with Crippen molar-refractivity contribution in [2.75, 3.05) is 13.7 Å². The van der Waals surface area contributed by atoms with Crippen molar-refractivity contribution in [1.29, 1.82) is 0 Å². The minimum absolute atomic E-state index is 0.0252. The Bertz CT molecular complexity index is 910. The molecule has 3 rings (SSSR count). The fourth-order valence-electron chi connectivity index (χ4n) is 4.39. The first-order valence-electron chi connectivity index (χ1n) is 11.1. The Kier molecular flexibility index (Phi) is 7.72. The van der Waals surface area contributed by atoms with Crippen LogP contribution in [0.4, 0.5) is 0 Å². The molecule has 1 aliphatic carbocycles. The van der Waals surface area contributed by atoms with E-state index in [9.17, 15) is 14.7 Å². The molecule has 0 spiro atoms. The quantitative estimate of drug-likeness (QED) is 0.418. The Morgan fingerprint density at radius 2 is 1.74 bits per heavy atom. The van der Waals surface area contributed by atoms with Crippen LogP contribution in [0.15, 0.2) is 42.5 Å². The van der Waals surface area contributed by atoms with Crippen LogP contribution in [0.5, 0.6) is 11.5 Å². The van der Waals surface area contributed by atoms with Crippen molar-refractivity contribution < 1.29 is 24.2 Å². The average molecular weight is 425 g/mol. The van der Waals surface area contributed by atoms with E-state index in [0.29, 0.717) is 36.5 Å². The molecule has 0 aliphatic heterocycles. The third-order valence-corrected chi connectivity index (χ3v) is 6.23. The minimum atomic E-state index is -0.959. The van der Waals surface area contributed by atoms with Crippen LogP contribution in [0.1, 0.15) is 66.4 Å². The maximum absolute atomic E-state index is 13.1. The summed E-state index contributed by atoms with van der Waals surface area (Å²) in [7, 11) is 1.56. The number of ether oxygens (including phenoxy) is 2. The molecule has 5 heteroatoms. The molecule has 2 aromatic carbocycles. The van der Waals surface area contributed by atoms with Gasteiger partial charge < -0.3 is 14.6 Å². The molecule has 1 saturated carbocycles. The molecule has 0 heterocycles. The molecule has 31 heavy (non-hydrogen) atoms. The molecule has 0 unspecified atom stereocenters. The summed E-state index contributed by atoms with van der Waals surface area (Å²) in [4.78, 5) is 25.1. The second-order valence-electron chi connectivity index (χ2n) is 8.55. The van der Waals surface area contributed by atoms with Crippen LogP contribution in [0.25, 0.3) is 0 Å². The van der Waals surface area contributed by atoms with Gasteiger partial charge in [-0.25, -0.2) is 0 Å². The molecular formula is C26H32O5. The molecule has 166 valence electrons. The van der Waals surface area contributed by atoms with Gasteiger partial charge in [0.15, 0.2) is 17.3 Å². The lowest BCUT2D eigenvalue weighted by molar-refractivity contribution is -0.149. The number of ketones is 1. The Morgan fingerprint density at radius 3 is 2.39 bits per heavy atom. The van der Waals surface area contributed by atoms with Gasteiger partial charge in [-0.05, 0) is 43.5 Å². The number of hydrogen-bond acceptors (Lipinski definition) is 4. The lowest BCUT2D eigenvalue weighted by atomic mass is 9.75. The zero-order valence-corrected chi connectivity index (χ0v) is 18.5. The highest BCUT2D eigenvalue weighted by atomic mass is 16.5. The van der Waals surface area contributed by atoms with Crippen LogP contribution in [0.3, 0.4) is 0 Å². The second-order valence-corrected chi connectivity index (χ2v) is 8.55. The van der Waals surface area contributed by atoms with Gasteiger partial charge in [0.05, 0.1) is 19.1 Å². The summed E-state index contributed by atoms with van der Waals surface area (Å²) < 4.78 is 11.3. The van der Waals surface area contributed by atoms with E-state index in [1.54, 1.807) is 25.3 Å². The van der Waals surface area contributed by atoms with Crippen molar-refractivity contribution in [3.8, 4) is 11.5 Å². The number of rotatable bonds is 9. The van der Waals surface area contributed by atoms with E-state index in [2.05, 4.69) is 25.1 Å². The van der Waals surface area contributed by atoms with Crippen molar-refractivity contribution >= 4 is 11.8 Å². The third-order valence-electron chi connectivity index (χ3n) is 6.23. The number of benzene rings is 2. The smallest absolute Gasteiger partial charge is 0.310 e. The van der Waals surface area contributed by atoms with Gasteiger partial charge in [-0.1, -0.05) is 55.5 Å². The Labute approximate surface area is 184 Å². The van der Waals surface area contributed by atoms with E-state index in [1.807, 2.05) is 6.07 Å². The number of carbonyl (C=O) groups is 2. The van der Waals surface area contributed by atoms with Crippen molar-refractivity contribution in [1.82, 2.24) is 0 Å². The van der Waals surface area contributed by atoms with Crippen LogP contribution in [-0.2, 0) is 11.2 Å². The molecule has 0 bridgehead atoms. The molecule has 0 aromatic heterocycles. The monoisotopic (exact) mass is 424 g/mol. The van der Waals surface area contributed by atoms with Crippen LogP contribution < -0.4 is 9.47 Å². The number of carboxylic acids is 1. The van der Waals surface area contributed by atoms with Gasteiger partial charge in [0.1, 0.15) is 0 Å². The number of carbonyl (C=O) groups excluding carboxylic acids is 1. The zero-order chi connectivity index (χ0) is 22.3. The molecule has 1 N–H and O–H groups in total. The molecule has 5 nitrogen and oxygen atoms in total. The number of aryl methyl sites for hydroxylation is 1. The topological polar surface area (TPSA) is 72.8 Å². The fourth-order valence-corrected chi connectivity index (χ4v) is 4.39. The first kappa shape index (κ1) is 22.9. The van der Waals surface area contributed by atoms with E-state index < -0.39 is 11.4 Å². The van der Waals surface area contributed by atoms with Crippen molar-refractivity contribution in [2.24, 2.45) is 5.41 Å². The van der Waals surface area contributed by atoms with Crippen molar-refractivity contribution in [3.05, 3.63) is 59.2 Å². The maximum Gasteiger partial charge on any atom is 0.310 e. The van der Waals surface area contributed by atoms with Gasteiger partial charge in [0.25, 0.3) is 0 Å². The van der Waals surface area contributed by atoms with E-state index in [-0.39, 0.29) is 12.2 Å². The largest absolute Gasteiger partial charge is 0.493 e. The van der Waals surface area contributed by atoms with Gasteiger partial charge in [-0.15, -0.1) is 0 Å². The van der Waals surface area contributed by atoms with Gasteiger partial charge in [-0.3, -0.25) is 9.59 Å².